The Morgan fingerprint density at radius 1 is 0.909 bits per heavy atom. The van der Waals surface area contributed by atoms with Gasteiger partial charge >= 0.3 is 0 Å². The van der Waals surface area contributed by atoms with E-state index in [-0.39, 0.29) is 35.6 Å². The van der Waals surface area contributed by atoms with Crippen molar-refractivity contribution in [2.75, 3.05) is 0 Å². The fraction of sp³-hybridized carbons (Fsp3) is 0.474. The third kappa shape index (κ3) is 1.60. The molecule has 1 saturated heterocycles. The quantitative estimate of drug-likeness (QED) is 0.591. The number of aryl methyl sites for hydroxylation is 3. The van der Waals surface area contributed by atoms with Crippen LogP contribution in [0.25, 0.3) is 0 Å². The molecule has 1 saturated carbocycles. The summed E-state index contributed by atoms with van der Waals surface area (Å²) >= 11 is 0. The maximum Gasteiger partial charge on any atom is 0.154 e. The van der Waals surface area contributed by atoms with Crippen molar-refractivity contribution in [3.63, 3.8) is 0 Å². The minimum absolute atomic E-state index is 0.0568. The molecule has 1 aromatic carbocycles. The summed E-state index contributed by atoms with van der Waals surface area (Å²) in [6.07, 6.45) is 1.65. The van der Waals surface area contributed by atoms with Gasteiger partial charge in [-0.3, -0.25) is 9.59 Å². The molecule has 1 unspecified atom stereocenters. The largest absolute Gasteiger partial charge is 0.365 e. The van der Waals surface area contributed by atoms with Crippen LogP contribution in [0.2, 0.25) is 0 Å². The molecule has 2 aliphatic heterocycles. The van der Waals surface area contributed by atoms with Crippen molar-refractivity contribution < 1.29 is 14.3 Å². The van der Waals surface area contributed by atoms with E-state index in [2.05, 4.69) is 12.1 Å². The molecular formula is C19H20O3. The predicted octanol–water partition coefficient (Wildman–Crippen LogP) is 2.81. The van der Waals surface area contributed by atoms with Gasteiger partial charge in [-0.25, -0.2) is 0 Å². The van der Waals surface area contributed by atoms with E-state index in [9.17, 15) is 9.59 Å². The summed E-state index contributed by atoms with van der Waals surface area (Å²) in [6.45, 7) is 8.03. The number of hydrogen-bond acceptors (Lipinski definition) is 3. The molecule has 0 aromatic heterocycles. The first-order valence-corrected chi connectivity index (χ1v) is 7.89. The van der Waals surface area contributed by atoms with E-state index in [4.69, 9.17) is 4.74 Å². The topological polar surface area (TPSA) is 43.4 Å². The van der Waals surface area contributed by atoms with Gasteiger partial charge in [-0.2, -0.15) is 0 Å². The molecule has 3 aliphatic rings. The highest BCUT2D eigenvalue weighted by Gasteiger charge is 2.62. The third-order valence-electron chi connectivity index (χ3n) is 5.50. The number of fused-ring (bicyclic) bond motifs is 5. The minimum atomic E-state index is -0.594. The standard InChI is InChI=1S/C19H20O3/c1-8-5-9(2)13(10(3)6-8)15-17(20)14-12-7-11(4)19(22-12)16(14)18(15)21/h5-7,12,14-16,19H,1-4H3/t12-,14-,15?,16+,19+/m0/s1. The molecule has 0 N–H and O–H groups in total. The highest BCUT2D eigenvalue weighted by molar-refractivity contribution is 6.17. The van der Waals surface area contributed by atoms with E-state index in [0.29, 0.717) is 0 Å². The summed E-state index contributed by atoms with van der Waals surface area (Å²) < 4.78 is 5.82. The fourth-order valence-electron chi connectivity index (χ4n) is 4.74. The van der Waals surface area contributed by atoms with Gasteiger partial charge in [-0.1, -0.05) is 23.8 Å². The van der Waals surface area contributed by atoms with Crippen LogP contribution in [-0.4, -0.2) is 23.8 Å². The van der Waals surface area contributed by atoms with Gasteiger partial charge in [0.1, 0.15) is 5.92 Å². The van der Waals surface area contributed by atoms with Gasteiger partial charge in [-0.15, -0.1) is 0 Å². The van der Waals surface area contributed by atoms with E-state index in [1.807, 2.05) is 33.8 Å². The first-order valence-electron chi connectivity index (χ1n) is 7.89. The summed E-state index contributed by atoms with van der Waals surface area (Å²) in [5.41, 5.74) is 5.28. The van der Waals surface area contributed by atoms with Crippen LogP contribution in [0.15, 0.2) is 23.8 Å². The highest BCUT2D eigenvalue weighted by atomic mass is 16.5. The summed E-state index contributed by atoms with van der Waals surface area (Å²) in [5, 5.41) is 0. The van der Waals surface area contributed by atoms with Gasteiger partial charge < -0.3 is 4.74 Å². The number of carbonyl (C=O) groups is 2. The Kier molecular flexibility index (Phi) is 2.77. The van der Waals surface area contributed by atoms with Crippen LogP contribution >= 0.6 is 0 Å². The fourth-order valence-corrected chi connectivity index (χ4v) is 4.74. The molecular weight excluding hydrogens is 276 g/mol. The summed E-state index contributed by atoms with van der Waals surface area (Å²) in [7, 11) is 0. The van der Waals surface area contributed by atoms with Crippen molar-refractivity contribution in [3.8, 4) is 0 Å². The number of benzene rings is 1. The van der Waals surface area contributed by atoms with E-state index in [1.54, 1.807) is 0 Å². The lowest BCUT2D eigenvalue weighted by Crippen LogP contribution is -2.28. The lowest BCUT2D eigenvalue weighted by Gasteiger charge is -2.18. The van der Waals surface area contributed by atoms with Crippen LogP contribution in [0.3, 0.4) is 0 Å². The van der Waals surface area contributed by atoms with E-state index >= 15 is 0 Å². The minimum Gasteiger partial charge on any atom is -0.365 e. The number of Topliss-reactive ketones (excluding diaryl/α,β-unsaturated/α-hetero) is 2. The Bertz CT molecular complexity index is 720. The van der Waals surface area contributed by atoms with Gasteiger partial charge in [0.15, 0.2) is 11.6 Å². The SMILES string of the molecule is CC1=C[C@@H]2O[C@H]1[C@H]1C(=O)C(c3c(C)cc(C)cc3C)C(=O)[C@H]12. The van der Waals surface area contributed by atoms with Crippen molar-refractivity contribution >= 4 is 11.6 Å². The van der Waals surface area contributed by atoms with E-state index in [0.717, 1.165) is 27.8 Å². The Morgan fingerprint density at radius 2 is 1.50 bits per heavy atom. The highest BCUT2D eigenvalue weighted by Crippen LogP contribution is 2.52. The second-order valence-corrected chi connectivity index (χ2v) is 7.03. The van der Waals surface area contributed by atoms with Crippen LogP contribution in [-0.2, 0) is 14.3 Å². The van der Waals surface area contributed by atoms with Crippen molar-refractivity contribution in [3.05, 3.63) is 46.0 Å². The van der Waals surface area contributed by atoms with Gasteiger partial charge in [0.2, 0.25) is 0 Å². The van der Waals surface area contributed by atoms with Gasteiger partial charge in [0.05, 0.1) is 24.0 Å². The molecule has 0 spiro atoms. The number of ketones is 2. The Morgan fingerprint density at radius 3 is 2.14 bits per heavy atom. The number of rotatable bonds is 1. The van der Waals surface area contributed by atoms with Gasteiger partial charge in [0.25, 0.3) is 0 Å². The second-order valence-electron chi connectivity index (χ2n) is 7.03. The first kappa shape index (κ1) is 13.9. The van der Waals surface area contributed by atoms with E-state index in [1.165, 1.54) is 0 Å². The molecule has 1 aromatic rings. The molecule has 3 nitrogen and oxygen atoms in total. The summed E-state index contributed by atoms with van der Waals surface area (Å²) in [4.78, 5) is 25.9. The Labute approximate surface area is 130 Å². The average molecular weight is 296 g/mol. The molecule has 0 amide bonds. The van der Waals surface area contributed by atoms with Gasteiger partial charge in [0, 0.05) is 0 Å². The maximum atomic E-state index is 13.0. The zero-order chi connectivity index (χ0) is 15.8. The Hall–Kier alpha value is -1.74. The molecule has 3 heteroatoms. The molecule has 2 fully saturated rings. The average Bonchev–Trinajstić information content (AvgIpc) is 3.03. The maximum absolute atomic E-state index is 13.0. The molecule has 2 bridgehead atoms. The second kappa shape index (κ2) is 4.39. The van der Waals surface area contributed by atoms with Crippen molar-refractivity contribution in [1.82, 2.24) is 0 Å². The van der Waals surface area contributed by atoms with Crippen LogP contribution in [0.4, 0.5) is 0 Å². The zero-order valence-corrected chi connectivity index (χ0v) is 13.3. The van der Waals surface area contributed by atoms with Crippen LogP contribution in [0, 0.1) is 32.6 Å². The first-order chi connectivity index (χ1) is 10.4. The lowest BCUT2D eigenvalue weighted by atomic mass is 9.82. The van der Waals surface area contributed by atoms with Crippen molar-refractivity contribution in [1.29, 1.82) is 0 Å². The molecule has 0 radical (unpaired) electrons. The smallest absolute Gasteiger partial charge is 0.154 e. The van der Waals surface area contributed by atoms with Crippen molar-refractivity contribution in [2.45, 2.75) is 45.8 Å². The molecule has 22 heavy (non-hydrogen) atoms. The molecule has 114 valence electrons. The van der Waals surface area contributed by atoms with Crippen molar-refractivity contribution in [2.24, 2.45) is 11.8 Å². The van der Waals surface area contributed by atoms with Crippen LogP contribution in [0.1, 0.15) is 35.1 Å². The zero-order valence-electron chi connectivity index (χ0n) is 13.3. The summed E-state index contributed by atoms with van der Waals surface area (Å²) in [5.74, 6) is -1.02. The molecule has 1 aliphatic carbocycles. The number of hydrogen-bond donors (Lipinski definition) is 0. The van der Waals surface area contributed by atoms with Gasteiger partial charge in [-0.05, 0) is 50.0 Å². The molecule has 2 heterocycles. The third-order valence-corrected chi connectivity index (χ3v) is 5.50. The van der Waals surface area contributed by atoms with Crippen LogP contribution in [0.5, 0.6) is 0 Å². The number of ether oxygens (including phenoxy) is 1. The van der Waals surface area contributed by atoms with E-state index < -0.39 is 5.92 Å². The molecule has 4 rings (SSSR count). The monoisotopic (exact) mass is 296 g/mol. The predicted molar refractivity (Wildman–Crippen MR) is 82.8 cm³/mol. The Balaban J connectivity index is 1.81. The summed E-state index contributed by atoms with van der Waals surface area (Å²) in [6, 6.07) is 4.12. The normalized spacial score (nSPS) is 36.0. The van der Waals surface area contributed by atoms with Crippen LogP contribution < -0.4 is 0 Å². The number of carbonyl (C=O) groups excluding carboxylic acids is 2. The lowest BCUT2D eigenvalue weighted by molar-refractivity contribution is -0.127. The molecule has 5 atom stereocenters.